The van der Waals surface area contributed by atoms with Gasteiger partial charge in [-0.25, -0.2) is 14.8 Å². The molecule has 1 fully saturated rings. The molecule has 3 N–H and O–H groups in total. The van der Waals surface area contributed by atoms with Gasteiger partial charge in [-0.3, -0.25) is 19.3 Å². The Morgan fingerprint density at radius 1 is 1.41 bits per heavy atom. The van der Waals surface area contributed by atoms with Gasteiger partial charge in [-0.1, -0.05) is 11.8 Å². The SMILES string of the molecule is Cc1[nH]cnc1C(=O)NN=C1SC(CC(=O)O)C(=O)N1c1ccc(F)cc1. The Hall–Kier alpha value is -3.21. The summed E-state index contributed by atoms with van der Waals surface area (Å²) in [5, 5.41) is 12.1. The Kier molecular flexibility index (Phi) is 5.21. The fraction of sp³-hybridized carbons (Fsp3) is 0.188. The number of carboxylic acids is 1. The number of aryl methyl sites for hydroxylation is 1. The fourth-order valence-electron chi connectivity index (χ4n) is 2.40. The van der Waals surface area contributed by atoms with Crippen molar-refractivity contribution in [2.75, 3.05) is 4.90 Å². The van der Waals surface area contributed by atoms with Crippen LogP contribution in [-0.2, 0) is 9.59 Å². The number of hydrogen-bond acceptors (Lipinski definition) is 6. The number of amides is 2. The number of aliphatic carboxylic acids is 1. The highest BCUT2D eigenvalue weighted by Crippen LogP contribution is 2.33. The number of imidazole rings is 1. The number of nitrogens with one attached hydrogen (secondary N) is 2. The van der Waals surface area contributed by atoms with Crippen molar-refractivity contribution < 1.29 is 23.9 Å². The minimum absolute atomic E-state index is 0.0828. The first-order valence-electron chi connectivity index (χ1n) is 7.73. The molecule has 1 aromatic carbocycles. The number of hydrazone groups is 1. The molecule has 1 unspecified atom stereocenters. The Bertz CT molecular complexity index is 927. The van der Waals surface area contributed by atoms with Crippen LogP contribution in [0.5, 0.6) is 0 Å². The number of amidine groups is 1. The van der Waals surface area contributed by atoms with E-state index in [4.69, 9.17) is 5.11 Å². The van der Waals surface area contributed by atoms with E-state index in [1.165, 1.54) is 30.6 Å². The van der Waals surface area contributed by atoms with E-state index >= 15 is 0 Å². The van der Waals surface area contributed by atoms with E-state index in [1.54, 1.807) is 6.92 Å². The van der Waals surface area contributed by atoms with Gasteiger partial charge < -0.3 is 10.1 Å². The van der Waals surface area contributed by atoms with E-state index in [0.29, 0.717) is 11.4 Å². The molecule has 9 nitrogen and oxygen atoms in total. The largest absolute Gasteiger partial charge is 0.481 e. The molecule has 11 heteroatoms. The number of aromatic amines is 1. The molecule has 2 amide bonds. The number of benzene rings is 1. The maximum Gasteiger partial charge on any atom is 0.305 e. The molecule has 1 saturated heterocycles. The molecule has 3 rings (SSSR count). The van der Waals surface area contributed by atoms with Crippen LogP contribution < -0.4 is 10.3 Å². The number of thioether (sulfide) groups is 1. The molecular formula is C16H14FN5O4S. The molecule has 1 aliphatic heterocycles. The molecule has 1 aliphatic rings. The predicted molar refractivity (Wildman–Crippen MR) is 95.7 cm³/mol. The topological polar surface area (TPSA) is 128 Å². The second-order valence-corrected chi connectivity index (χ2v) is 6.74. The Morgan fingerprint density at radius 3 is 2.70 bits per heavy atom. The average Bonchev–Trinajstić information content (AvgIpc) is 3.17. The van der Waals surface area contributed by atoms with Gasteiger partial charge in [-0.2, -0.15) is 0 Å². The third kappa shape index (κ3) is 3.97. The van der Waals surface area contributed by atoms with Gasteiger partial charge in [0.1, 0.15) is 11.1 Å². The lowest BCUT2D eigenvalue weighted by Crippen LogP contribution is -2.34. The van der Waals surface area contributed by atoms with Crippen molar-refractivity contribution in [1.29, 1.82) is 0 Å². The van der Waals surface area contributed by atoms with Crippen LogP contribution in [0.25, 0.3) is 0 Å². The molecule has 1 atom stereocenters. The highest BCUT2D eigenvalue weighted by molar-refractivity contribution is 8.16. The van der Waals surface area contributed by atoms with Gasteiger partial charge >= 0.3 is 5.97 Å². The summed E-state index contributed by atoms with van der Waals surface area (Å²) in [6, 6.07) is 5.07. The van der Waals surface area contributed by atoms with Gasteiger partial charge in [0.25, 0.3) is 5.91 Å². The predicted octanol–water partition coefficient (Wildman–Crippen LogP) is 1.48. The molecule has 0 aliphatic carbocycles. The minimum Gasteiger partial charge on any atom is -0.481 e. The quantitative estimate of drug-likeness (QED) is 0.663. The summed E-state index contributed by atoms with van der Waals surface area (Å²) in [5.41, 5.74) is 3.30. The van der Waals surface area contributed by atoms with Crippen LogP contribution in [0, 0.1) is 12.7 Å². The Labute approximate surface area is 156 Å². The van der Waals surface area contributed by atoms with Crippen molar-refractivity contribution in [2.45, 2.75) is 18.6 Å². The van der Waals surface area contributed by atoms with Crippen molar-refractivity contribution in [3.8, 4) is 0 Å². The van der Waals surface area contributed by atoms with Crippen molar-refractivity contribution in [1.82, 2.24) is 15.4 Å². The molecule has 2 heterocycles. The first-order valence-corrected chi connectivity index (χ1v) is 8.60. The number of carbonyl (C=O) groups excluding carboxylic acids is 2. The second kappa shape index (κ2) is 7.58. The number of H-pyrrole nitrogens is 1. The lowest BCUT2D eigenvalue weighted by atomic mass is 10.2. The number of halogens is 1. The number of rotatable bonds is 5. The maximum absolute atomic E-state index is 13.2. The number of nitrogens with zero attached hydrogens (tertiary/aromatic N) is 3. The van der Waals surface area contributed by atoms with Crippen LogP contribution in [0.3, 0.4) is 0 Å². The maximum atomic E-state index is 13.2. The van der Waals surface area contributed by atoms with E-state index in [1.807, 2.05) is 0 Å². The van der Waals surface area contributed by atoms with Crippen molar-refractivity contribution in [3.05, 3.63) is 47.8 Å². The van der Waals surface area contributed by atoms with Gasteiger partial charge in [0.05, 0.1) is 18.4 Å². The van der Waals surface area contributed by atoms with Crippen molar-refractivity contribution in [2.24, 2.45) is 5.10 Å². The van der Waals surface area contributed by atoms with Crippen LogP contribution in [0.15, 0.2) is 35.7 Å². The summed E-state index contributed by atoms with van der Waals surface area (Å²) in [5.74, 6) is -2.73. The lowest BCUT2D eigenvalue weighted by Gasteiger charge is -2.16. The standard InChI is InChI=1S/C16H14FN5O4S/c1-8-13(19-7-18-8)14(25)20-21-16-22(10-4-2-9(17)3-5-10)15(26)11(27-16)6-12(23)24/h2-5,7,11H,6H2,1H3,(H,18,19)(H,20,25)(H,23,24). The summed E-state index contributed by atoms with van der Waals surface area (Å²) >= 11 is 0.907. The molecule has 0 bridgehead atoms. The van der Waals surface area contributed by atoms with E-state index in [9.17, 15) is 18.8 Å². The summed E-state index contributed by atoms with van der Waals surface area (Å²) in [6.07, 6.45) is 0.950. The van der Waals surface area contributed by atoms with Gasteiger partial charge in [-0.15, -0.1) is 5.10 Å². The molecule has 1 aromatic heterocycles. The lowest BCUT2D eigenvalue weighted by molar-refractivity contribution is -0.138. The number of anilines is 1. The number of carboxylic acid groups (broad SMARTS) is 1. The monoisotopic (exact) mass is 391 g/mol. The molecule has 27 heavy (non-hydrogen) atoms. The van der Waals surface area contributed by atoms with Gasteiger partial charge in [0.15, 0.2) is 10.9 Å². The summed E-state index contributed by atoms with van der Waals surface area (Å²) in [4.78, 5) is 43.5. The van der Waals surface area contributed by atoms with Crippen LogP contribution >= 0.6 is 11.8 Å². The van der Waals surface area contributed by atoms with Crippen molar-refractivity contribution >= 4 is 40.4 Å². The van der Waals surface area contributed by atoms with Crippen LogP contribution in [-0.4, -0.2) is 43.3 Å². The van der Waals surface area contributed by atoms with Gasteiger partial charge in [0.2, 0.25) is 5.91 Å². The van der Waals surface area contributed by atoms with Gasteiger partial charge in [-0.05, 0) is 31.2 Å². The van der Waals surface area contributed by atoms with E-state index in [2.05, 4.69) is 20.5 Å². The number of hydrogen-bond donors (Lipinski definition) is 3. The van der Waals surface area contributed by atoms with Crippen LogP contribution in [0.1, 0.15) is 22.6 Å². The second-order valence-electron chi connectivity index (χ2n) is 5.57. The average molecular weight is 391 g/mol. The van der Waals surface area contributed by atoms with Gasteiger partial charge in [0, 0.05) is 5.69 Å². The zero-order valence-electron chi connectivity index (χ0n) is 14.0. The normalized spacial score (nSPS) is 18.1. The minimum atomic E-state index is -1.14. The molecule has 0 saturated carbocycles. The summed E-state index contributed by atoms with van der Waals surface area (Å²) in [7, 11) is 0. The first kappa shape index (κ1) is 18.6. The third-order valence-electron chi connectivity index (χ3n) is 3.68. The van der Waals surface area contributed by atoms with E-state index in [-0.39, 0.29) is 10.9 Å². The zero-order chi connectivity index (χ0) is 19.6. The van der Waals surface area contributed by atoms with E-state index in [0.717, 1.165) is 16.7 Å². The molecular weight excluding hydrogens is 377 g/mol. The molecule has 0 radical (unpaired) electrons. The summed E-state index contributed by atoms with van der Waals surface area (Å²) < 4.78 is 13.2. The summed E-state index contributed by atoms with van der Waals surface area (Å²) in [6.45, 7) is 1.66. The Morgan fingerprint density at radius 2 is 2.11 bits per heavy atom. The smallest absolute Gasteiger partial charge is 0.305 e. The third-order valence-corrected chi connectivity index (χ3v) is 4.82. The number of carbonyl (C=O) groups is 3. The Balaban J connectivity index is 1.88. The molecule has 0 spiro atoms. The van der Waals surface area contributed by atoms with Crippen molar-refractivity contribution in [3.63, 3.8) is 0 Å². The van der Waals surface area contributed by atoms with Crippen LogP contribution in [0.4, 0.5) is 10.1 Å². The molecule has 2 aromatic rings. The number of aromatic nitrogens is 2. The van der Waals surface area contributed by atoms with E-state index < -0.39 is 35.3 Å². The fourth-order valence-corrected chi connectivity index (χ4v) is 3.49. The highest BCUT2D eigenvalue weighted by Gasteiger charge is 2.40. The first-order chi connectivity index (χ1) is 12.9. The zero-order valence-corrected chi connectivity index (χ0v) is 14.8. The van der Waals surface area contributed by atoms with Crippen LogP contribution in [0.2, 0.25) is 0 Å². The highest BCUT2D eigenvalue weighted by atomic mass is 32.2. The molecule has 140 valence electrons.